The van der Waals surface area contributed by atoms with Gasteiger partial charge in [0.1, 0.15) is 0 Å². The van der Waals surface area contributed by atoms with Gasteiger partial charge in [0, 0.05) is 5.92 Å². The van der Waals surface area contributed by atoms with Crippen molar-refractivity contribution in [2.45, 2.75) is 33.1 Å². The SMILES string of the molecule is CCCOC(=O)C1(C(=O)OCC)CC1C(F)F. The second-order valence-corrected chi connectivity index (χ2v) is 3.97. The standard InChI is InChI=1S/C11H16F2O4/c1-3-5-17-10(15)11(9(14)16-4-2)6-7(11)8(12)13/h7-8H,3-6H2,1-2H3. The lowest BCUT2D eigenvalue weighted by atomic mass is 10.0. The second-order valence-electron chi connectivity index (χ2n) is 3.97. The summed E-state index contributed by atoms with van der Waals surface area (Å²) in [6.07, 6.45) is -2.33. The third kappa shape index (κ3) is 2.56. The first-order valence-corrected chi connectivity index (χ1v) is 5.63. The quantitative estimate of drug-likeness (QED) is 0.532. The Hall–Kier alpha value is -1.20. The molecule has 1 saturated carbocycles. The van der Waals surface area contributed by atoms with Crippen LogP contribution < -0.4 is 0 Å². The number of carbonyl (C=O) groups is 2. The van der Waals surface area contributed by atoms with Crippen molar-refractivity contribution in [1.29, 1.82) is 0 Å². The molecule has 0 N–H and O–H groups in total. The average Bonchev–Trinajstić information content (AvgIpc) is 3.03. The molecule has 0 amide bonds. The number of ether oxygens (including phenoxy) is 2. The van der Waals surface area contributed by atoms with Crippen LogP contribution in [-0.2, 0) is 19.1 Å². The van der Waals surface area contributed by atoms with Gasteiger partial charge < -0.3 is 9.47 Å². The Bertz CT molecular complexity index is 306. The lowest BCUT2D eigenvalue weighted by molar-refractivity contribution is -0.166. The Morgan fingerprint density at radius 1 is 1.29 bits per heavy atom. The normalized spacial score (nSPS) is 26.8. The number of rotatable bonds is 6. The highest BCUT2D eigenvalue weighted by atomic mass is 19.3. The first-order valence-electron chi connectivity index (χ1n) is 5.63. The molecule has 2 unspecified atom stereocenters. The first kappa shape index (κ1) is 13.9. The monoisotopic (exact) mass is 250 g/mol. The van der Waals surface area contributed by atoms with Gasteiger partial charge in [-0.25, -0.2) is 8.78 Å². The van der Waals surface area contributed by atoms with Crippen LogP contribution in [0.15, 0.2) is 0 Å². The van der Waals surface area contributed by atoms with Crippen LogP contribution in [0.3, 0.4) is 0 Å². The highest BCUT2D eigenvalue weighted by Gasteiger charge is 2.71. The van der Waals surface area contributed by atoms with Gasteiger partial charge in [-0.3, -0.25) is 9.59 Å². The maximum Gasteiger partial charge on any atom is 0.324 e. The first-order chi connectivity index (χ1) is 8.00. The van der Waals surface area contributed by atoms with Crippen LogP contribution in [0.5, 0.6) is 0 Å². The third-order valence-corrected chi connectivity index (χ3v) is 2.76. The maximum atomic E-state index is 12.6. The number of hydrogen-bond donors (Lipinski definition) is 0. The summed E-state index contributed by atoms with van der Waals surface area (Å²) in [7, 11) is 0. The number of alkyl halides is 2. The van der Waals surface area contributed by atoms with E-state index < -0.39 is 29.7 Å². The lowest BCUT2D eigenvalue weighted by Gasteiger charge is -2.14. The van der Waals surface area contributed by atoms with E-state index in [0.717, 1.165) is 0 Å². The van der Waals surface area contributed by atoms with Crippen molar-refractivity contribution < 1.29 is 27.8 Å². The van der Waals surface area contributed by atoms with Gasteiger partial charge in [0.2, 0.25) is 6.43 Å². The second kappa shape index (κ2) is 5.42. The average molecular weight is 250 g/mol. The van der Waals surface area contributed by atoms with Gasteiger partial charge in [0.05, 0.1) is 13.2 Å². The van der Waals surface area contributed by atoms with Crippen molar-refractivity contribution in [2.75, 3.05) is 13.2 Å². The Kier molecular flexibility index (Phi) is 4.42. The molecule has 1 rings (SSSR count). The smallest absolute Gasteiger partial charge is 0.324 e. The molecule has 0 aromatic heterocycles. The number of carbonyl (C=O) groups excluding carboxylic acids is 2. The molecule has 98 valence electrons. The van der Waals surface area contributed by atoms with Gasteiger partial charge in [0.15, 0.2) is 5.41 Å². The van der Waals surface area contributed by atoms with Gasteiger partial charge >= 0.3 is 11.9 Å². The van der Waals surface area contributed by atoms with Crippen LogP contribution in [0, 0.1) is 11.3 Å². The van der Waals surface area contributed by atoms with E-state index in [0.29, 0.717) is 6.42 Å². The summed E-state index contributed by atoms with van der Waals surface area (Å²) in [6, 6.07) is 0. The molecule has 0 aromatic rings. The summed E-state index contributed by atoms with van der Waals surface area (Å²) in [6.45, 7) is 3.51. The van der Waals surface area contributed by atoms with E-state index in [9.17, 15) is 18.4 Å². The summed E-state index contributed by atoms with van der Waals surface area (Å²) in [5.41, 5.74) is -1.76. The molecule has 0 radical (unpaired) electrons. The van der Waals surface area contributed by atoms with Crippen LogP contribution in [0.25, 0.3) is 0 Å². The maximum absolute atomic E-state index is 12.6. The van der Waals surface area contributed by atoms with Crippen LogP contribution >= 0.6 is 0 Å². The molecule has 1 aliphatic carbocycles. The van der Waals surface area contributed by atoms with Crippen LogP contribution in [0.2, 0.25) is 0 Å². The fraction of sp³-hybridized carbons (Fsp3) is 0.818. The molecule has 1 fully saturated rings. The van der Waals surface area contributed by atoms with Gasteiger partial charge in [0.25, 0.3) is 0 Å². The van der Waals surface area contributed by atoms with Gasteiger partial charge in [-0.1, -0.05) is 6.92 Å². The van der Waals surface area contributed by atoms with Crippen molar-refractivity contribution in [1.82, 2.24) is 0 Å². The zero-order valence-corrected chi connectivity index (χ0v) is 9.87. The topological polar surface area (TPSA) is 52.6 Å². The Morgan fingerprint density at radius 3 is 2.29 bits per heavy atom. The highest BCUT2D eigenvalue weighted by Crippen LogP contribution is 2.57. The third-order valence-electron chi connectivity index (χ3n) is 2.76. The molecule has 4 nitrogen and oxygen atoms in total. The molecule has 0 bridgehead atoms. The van der Waals surface area contributed by atoms with Crippen LogP contribution in [0.4, 0.5) is 8.78 Å². The van der Waals surface area contributed by atoms with Crippen LogP contribution in [-0.4, -0.2) is 31.6 Å². The number of halogens is 2. The molecule has 17 heavy (non-hydrogen) atoms. The molecule has 2 atom stereocenters. The van der Waals surface area contributed by atoms with Crippen molar-refractivity contribution in [3.05, 3.63) is 0 Å². The van der Waals surface area contributed by atoms with E-state index in [1.165, 1.54) is 0 Å². The Balaban J connectivity index is 2.75. The van der Waals surface area contributed by atoms with E-state index in [1.807, 2.05) is 0 Å². The molecular weight excluding hydrogens is 234 g/mol. The minimum Gasteiger partial charge on any atom is -0.465 e. The highest BCUT2D eigenvalue weighted by molar-refractivity contribution is 6.04. The van der Waals surface area contributed by atoms with E-state index in [-0.39, 0.29) is 19.6 Å². The summed E-state index contributed by atoms with van der Waals surface area (Å²) in [5, 5.41) is 0. The molecule has 0 aromatic carbocycles. The van der Waals surface area contributed by atoms with E-state index >= 15 is 0 Å². The molecule has 0 aliphatic heterocycles. The molecule has 1 aliphatic rings. The minimum atomic E-state index is -2.71. The number of esters is 2. The minimum absolute atomic E-state index is 0.0532. The lowest BCUT2D eigenvalue weighted by Crippen LogP contribution is -2.33. The van der Waals surface area contributed by atoms with Gasteiger partial charge in [-0.15, -0.1) is 0 Å². The molecule has 0 spiro atoms. The van der Waals surface area contributed by atoms with Crippen LogP contribution in [0.1, 0.15) is 26.7 Å². The molecular formula is C11H16F2O4. The summed E-state index contributed by atoms with van der Waals surface area (Å²) >= 11 is 0. The zero-order valence-electron chi connectivity index (χ0n) is 9.87. The Labute approximate surface area is 98.3 Å². The van der Waals surface area contributed by atoms with Crippen molar-refractivity contribution in [3.63, 3.8) is 0 Å². The van der Waals surface area contributed by atoms with Gasteiger partial charge in [-0.05, 0) is 19.8 Å². The molecule has 0 heterocycles. The predicted molar refractivity (Wildman–Crippen MR) is 54.4 cm³/mol. The fourth-order valence-corrected chi connectivity index (χ4v) is 1.73. The van der Waals surface area contributed by atoms with E-state index in [1.54, 1.807) is 13.8 Å². The van der Waals surface area contributed by atoms with Gasteiger partial charge in [-0.2, -0.15) is 0 Å². The van der Waals surface area contributed by atoms with Crippen molar-refractivity contribution in [2.24, 2.45) is 11.3 Å². The molecule has 6 heteroatoms. The van der Waals surface area contributed by atoms with Crippen molar-refractivity contribution in [3.8, 4) is 0 Å². The summed E-state index contributed by atoms with van der Waals surface area (Å²) < 4.78 is 34.6. The largest absolute Gasteiger partial charge is 0.465 e. The summed E-state index contributed by atoms with van der Waals surface area (Å²) in [4.78, 5) is 23.3. The van der Waals surface area contributed by atoms with E-state index in [2.05, 4.69) is 4.74 Å². The number of hydrogen-bond acceptors (Lipinski definition) is 4. The predicted octanol–water partition coefficient (Wildman–Crippen LogP) is 1.77. The zero-order chi connectivity index (χ0) is 13.1. The summed E-state index contributed by atoms with van der Waals surface area (Å²) in [5.74, 6) is -3.06. The fourth-order valence-electron chi connectivity index (χ4n) is 1.73. The molecule has 0 saturated heterocycles. The van der Waals surface area contributed by atoms with Crippen molar-refractivity contribution >= 4 is 11.9 Å². The Morgan fingerprint density at radius 2 is 1.88 bits per heavy atom. The van der Waals surface area contributed by atoms with E-state index in [4.69, 9.17) is 4.74 Å².